The zero-order valence-corrected chi connectivity index (χ0v) is 10.8. The molecule has 16 heavy (non-hydrogen) atoms. The summed E-state index contributed by atoms with van der Waals surface area (Å²) in [6.45, 7) is 7.57. The third-order valence-corrected chi connectivity index (χ3v) is 4.70. The molecule has 2 rings (SSSR count). The van der Waals surface area contributed by atoms with Gasteiger partial charge in [0, 0.05) is 12.1 Å². The number of allylic oxidation sites excluding steroid dienone is 1. The normalized spacial score (nSPS) is 34.9. The van der Waals surface area contributed by atoms with Crippen molar-refractivity contribution in [2.45, 2.75) is 70.4 Å². The minimum absolute atomic E-state index is 0.898. The molecule has 0 bridgehead atoms. The minimum atomic E-state index is 0.898. The predicted molar refractivity (Wildman–Crippen MR) is 70.6 cm³/mol. The highest BCUT2D eigenvalue weighted by Gasteiger charge is 2.38. The Kier molecular flexibility index (Phi) is 4.45. The fourth-order valence-electron chi connectivity index (χ4n) is 3.82. The second kappa shape index (κ2) is 5.86. The van der Waals surface area contributed by atoms with Crippen LogP contribution >= 0.6 is 0 Å². The second-order valence-electron chi connectivity index (χ2n) is 5.57. The van der Waals surface area contributed by atoms with Crippen molar-refractivity contribution >= 4 is 0 Å². The maximum Gasteiger partial charge on any atom is 0.0127 e. The molecule has 3 atom stereocenters. The third-order valence-electron chi connectivity index (χ3n) is 4.70. The largest absolute Gasteiger partial charge is 0.297 e. The summed E-state index contributed by atoms with van der Waals surface area (Å²) in [5.74, 6) is 0.998. The van der Waals surface area contributed by atoms with Crippen LogP contribution in [-0.2, 0) is 0 Å². The number of hydrogen-bond donors (Lipinski definition) is 0. The van der Waals surface area contributed by atoms with Gasteiger partial charge in [0.05, 0.1) is 0 Å². The number of nitrogens with zero attached hydrogens (tertiary/aromatic N) is 1. The van der Waals surface area contributed by atoms with E-state index in [4.69, 9.17) is 0 Å². The van der Waals surface area contributed by atoms with Gasteiger partial charge < -0.3 is 0 Å². The van der Waals surface area contributed by atoms with Crippen LogP contribution in [0.1, 0.15) is 58.3 Å². The summed E-state index contributed by atoms with van der Waals surface area (Å²) in [5.41, 5.74) is 0. The first-order valence-corrected chi connectivity index (χ1v) is 7.23. The molecular weight excluding hydrogens is 194 g/mol. The quantitative estimate of drug-likeness (QED) is 0.501. The van der Waals surface area contributed by atoms with Crippen molar-refractivity contribution in [3.63, 3.8) is 0 Å². The van der Waals surface area contributed by atoms with Gasteiger partial charge in [-0.1, -0.05) is 19.4 Å². The van der Waals surface area contributed by atoms with Crippen LogP contribution in [0.5, 0.6) is 0 Å². The Morgan fingerprint density at radius 3 is 2.94 bits per heavy atom. The molecule has 0 aromatic heterocycles. The molecule has 0 N–H and O–H groups in total. The van der Waals surface area contributed by atoms with Crippen LogP contribution < -0.4 is 0 Å². The van der Waals surface area contributed by atoms with Crippen LogP contribution in [0.25, 0.3) is 0 Å². The Hall–Kier alpha value is -0.300. The molecule has 0 aliphatic carbocycles. The topological polar surface area (TPSA) is 3.24 Å². The Balaban J connectivity index is 1.88. The standard InChI is InChI=1S/C15H27N/c1-3-5-6-8-14-11-10-13(4-2)15-9-7-12-16(14)15/h3,13-15H,1,4-12H2,2H3. The molecule has 0 radical (unpaired) electrons. The minimum Gasteiger partial charge on any atom is -0.297 e. The van der Waals surface area contributed by atoms with E-state index >= 15 is 0 Å². The molecule has 1 nitrogen and oxygen atoms in total. The van der Waals surface area contributed by atoms with Crippen LogP contribution in [0.4, 0.5) is 0 Å². The smallest absolute Gasteiger partial charge is 0.0127 e. The molecule has 2 aliphatic heterocycles. The van der Waals surface area contributed by atoms with Gasteiger partial charge in [0.2, 0.25) is 0 Å². The molecule has 2 fully saturated rings. The van der Waals surface area contributed by atoms with Crippen LogP contribution in [-0.4, -0.2) is 23.5 Å². The second-order valence-corrected chi connectivity index (χ2v) is 5.57. The molecule has 2 aliphatic rings. The predicted octanol–water partition coefficient (Wildman–Crippen LogP) is 4.00. The molecule has 0 saturated carbocycles. The van der Waals surface area contributed by atoms with E-state index in [-0.39, 0.29) is 0 Å². The van der Waals surface area contributed by atoms with Gasteiger partial charge in [0.1, 0.15) is 0 Å². The van der Waals surface area contributed by atoms with Crippen LogP contribution in [0.3, 0.4) is 0 Å². The van der Waals surface area contributed by atoms with Crippen molar-refractivity contribution in [3.05, 3.63) is 12.7 Å². The number of unbranched alkanes of at least 4 members (excludes halogenated alkanes) is 1. The summed E-state index contributed by atoms with van der Waals surface area (Å²) < 4.78 is 0. The number of hydrogen-bond acceptors (Lipinski definition) is 1. The van der Waals surface area contributed by atoms with Crippen molar-refractivity contribution in [1.29, 1.82) is 0 Å². The van der Waals surface area contributed by atoms with E-state index in [0.29, 0.717) is 0 Å². The van der Waals surface area contributed by atoms with Gasteiger partial charge >= 0.3 is 0 Å². The van der Waals surface area contributed by atoms with E-state index in [1.165, 1.54) is 57.9 Å². The van der Waals surface area contributed by atoms with Crippen LogP contribution in [0, 0.1) is 5.92 Å². The molecule has 0 amide bonds. The first kappa shape index (κ1) is 12.2. The fraction of sp³-hybridized carbons (Fsp3) is 0.867. The first-order valence-electron chi connectivity index (χ1n) is 7.23. The lowest BCUT2D eigenvalue weighted by Gasteiger charge is -2.42. The SMILES string of the molecule is C=CCCCC1CCC(CC)C2CCCN12. The van der Waals surface area contributed by atoms with Gasteiger partial charge in [-0.2, -0.15) is 0 Å². The average molecular weight is 221 g/mol. The maximum absolute atomic E-state index is 3.82. The molecular formula is C15H27N. The van der Waals surface area contributed by atoms with Crippen molar-refractivity contribution in [1.82, 2.24) is 4.90 Å². The van der Waals surface area contributed by atoms with Crippen molar-refractivity contribution in [3.8, 4) is 0 Å². The van der Waals surface area contributed by atoms with E-state index < -0.39 is 0 Å². The molecule has 3 unspecified atom stereocenters. The van der Waals surface area contributed by atoms with Crippen molar-refractivity contribution in [2.24, 2.45) is 5.92 Å². The lowest BCUT2D eigenvalue weighted by Crippen LogP contribution is -2.47. The Morgan fingerprint density at radius 1 is 1.31 bits per heavy atom. The third kappa shape index (κ3) is 2.51. The van der Waals surface area contributed by atoms with Gasteiger partial charge in [-0.25, -0.2) is 0 Å². The van der Waals surface area contributed by atoms with E-state index in [9.17, 15) is 0 Å². The van der Waals surface area contributed by atoms with E-state index in [0.717, 1.165) is 18.0 Å². The molecule has 2 heterocycles. The van der Waals surface area contributed by atoms with Crippen molar-refractivity contribution in [2.75, 3.05) is 6.54 Å². The zero-order chi connectivity index (χ0) is 11.4. The van der Waals surface area contributed by atoms with E-state index in [2.05, 4.69) is 24.5 Å². The Morgan fingerprint density at radius 2 is 2.19 bits per heavy atom. The lowest BCUT2D eigenvalue weighted by molar-refractivity contribution is 0.0665. The number of rotatable bonds is 5. The number of piperidine rings is 1. The highest BCUT2D eigenvalue weighted by atomic mass is 15.2. The number of fused-ring (bicyclic) bond motifs is 1. The molecule has 0 aromatic rings. The Labute approximate surface area is 101 Å². The molecule has 2 saturated heterocycles. The lowest BCUT2D eigenvalue weighted by atomic mass is 9.83. The van der Waals surface area contributed by atoms with Crippen LogP contribution in [0.2, 0.25) is 0 Å². The van der Waals surface area contributed by atoms with E-state index in [1.807, 2.05) is 0 Å². The van der Waals surface area contributed by atoms with Gasteiger partial charge in [-0.15, -0.1) is 6.58 Å². The summed E-state index contributed by atoms with van der Waals surface area (Å²) in [6.07, 6.45) is 13.2. The molecule has 92 valence electrons. The fourth-order valence-corrected chi connectivity index (χ4v) is 3.82. The molecule has 1 heteroatoms. The first-order chi connectivity index (χ1) is 7.86. The Bertz CT molecular complexity index is 223. The molecule has 0 aromatic carbocycles. The van der Waals surface area contributed by atoms with Crippen molar-refractivity contribution < 1.29 is 0 Å². The highest BCUT2D eigenvalue weighted by Crippen LogP contribution is 2.38. The van der Waals surface area contributed by atoms with Crippen LogP contribution in [0.15, 0.2) is 12.7 Å². The monoisotopic (exact) mass is 221 g/mol. The summed E-state index contributed by atoms with van der Waals surface area (Å²) in [5, 5.41) is 0. The summed E-state index contributed by atoms with van der Waals surface area (Å²) in [7, 11) is 0. The van der Waals surface area contributed by atoms with Gasteiger partial charge in [-0.05, 0) is 57.4 Å². The summed E-state index contributed by atoms with van der Waals surface area (Å²) in [4.78, 5) is 2.85. The summed E-state index contributed by atoms with van der Waals surface area (Å²) >= 11 is 0. The van der Waals surface area contributed by atoms with Gasteiger partial charge in [0.15, 0.2) is 0 Å². The highest BCUT2D eigenvalue weighted by molar-refractivity contribution is 4.93. The zero-order valence-electron chi connectivity index (χ0n) is 10.8. The summed E-state index contributed by atoms with van der Waals surface area (Å²) in [6, 6.07) is 1.84. The van der Waals surface area contributed by atoms with Gasteiger partial charge in [0.25, 0.3) is 0 Å². The average Bonchev–Trinajstić information content (AvgIpc) is 2.79. The molecule has 0 spiro atoms. The maximum atomic E-state index is 3.82. The van der Waals surface area contributed by atoms with Gasteiger partial charge in [-0.3, -0.25) is 4.90 Å². The van der Waals surface area contributed by atoms with E-state index in [1.54, 1.807) is 0 Å².